The summed E-state index contributed by atoms with van der Waals surface area (Å²) in [5.41, 5.74) is 6.79. The van der Waals surface area contributed by atoms with Crippen LogP contribution in [0.5, 0.6) is 0 Å². The van der Waals surface area contributed by atoms with Crippen molar-refractivity contribution in [2.24, 2.45) is 7.05 Å². The molecule has 3 heteroatoms. The van der Waals surface area contributed by atoms with Crippen molar-refractivity contribution in [3.8, 4) is 11.3 Å². The Morgan fingerprint density at radius 2 is 1.75 bits per heavy atom. The van der Waals surface area contributed by atoms with Gasteiger partial charge in [-0.25, -0.2) is 8.96 Å². The van der Waals surface area contributed by atoms with Gasteiger partial charge in [0.1, 0.15) is 11.5 Å². The predicted octanol–water partition coefficient (Wildman–Crippen LogP) is 4.91. The van der Waals surface area contributed by atoms with Crippen LogP contribution in [0.1, 0.15) is 42.0 Å². The summed E-state index contributed by atoms with van der Waals surface area (Å²) < 4.78 is 16.3. The highest BCUT2D eigenvalue weighted by Crippen LogP contribution is 2.32. The lowest BCUT2D eigenvalue weighted by Crippen LogP contribution is -2.32. The zero-order valence-corrected chi connectivity index (χ0v) is 15.2. The van der Waals surface area contributed by atoms with Gasteiger partial charge in [0.25, 0.3) is 6.33 Å². The van der Waals surface area contributed by atoms with Crippen LogP contribution in [0.15, 0.2) is 30.6 Å². The fourth-order valence-corrected chi connectivity index (χ4v) is 3.24. The lowest BCUT2D eigenvalue weighted by molar-refractivity contribution is -0.662. The largest absolute Gasteiger partial charge is 0.287 e. The standard InChI is InChI=1S/C21H24FN2/c1-12(2)16-7-8-19-18(10-16)21(24(6)11-23-19)17-9-13(3)20(22)15(5)14(17)4/h7-12H,1-6H3/q+1. The monoisotopic (exact) mass is 323 g/mol. The van der Waals surface area contributed by atoms with E-state index in [1.807, 2.05) is 44.8 Å². The summed E-state index contributed by atoms with van der Waals surface area (Å²) in [6.45, 7) is 10.0. The number of nitrogens with zero attached hydrogens (tertiary/aromatic N) is 2. The summed E-state index contributed by atoms with van der Waals surface area (Å²) in [5.74, 6) is 0.339. The van der Waals surface area contributed by atoms with Gasteiger partial charge >= 0.3 is 0 Å². The lowest BCUT2D eigenvalue weighted by atomic mass is 9.93. The Kier molecular flexibility index (Phi) is 4.12. The molecule has 0 saturated heterocycles. The highest BCUT2D eigenvalue weighted by Gasteiger charge is 2.20. The molecule has 0 aliphatic carbocycles. The number of halogens is 1. The first-order valence-electron chi connectivity index (χ1n) is 8.36. The van der Waals surface area contributed by atoms with Crippen molar-refractivity contribution >= 4 is 10.9 Å². The minimum Gasteiger partial charge on any atom is -0.232 e. The molecular formula is C21H24FN2+. The lowest BCUT2D eigenvalue weighted by Gasteiger charge is -2.14. The zero-order valence-electron chi connectivity index (χ0n) is 15.2. The second-order valence-corrected chi connectivity index (χ2v) is 6.94. The van der Waals surface area contributed by atoms with Gasteiger partial charge < -0.3 is 0 Å². The zero-order chi connectivity index (χ0) is 17.6. The molecule has 0 saturated carbocycles. The highest BCUT2D eigenvalue weighted by atomic mass is 19.1. The SMILES string of the molecule is Cc1cc(-c2c3cc(C(C)C)ccc3nc[n+]2C)c(C)c(C)c1F. The first-order valence-corrected chi connectivity index (χ1v) is 8.36. The topological polar surface area (TPSA) is 16.8 Å². The van der Waals surface area contributed by atoms with Gasteiger partial charge in [0.15, 0.2) is 5.52 Å². The fraction of sp³-hybridized carbons (Fsp3) is 0.333. The normalized spacial score (nSPS) is 11.5. The van der Waals surface area contributed by atoms with Gasteiger partial charge in [-0.3, -0.25) is 0 Å². The molecule has 3 aromatic rings. The van der Waals surface area contributed by atoms with Crippen molar-refractivity contribution in [2.75, 3.05) is 0 Å². The number of aromatic nitrogens is 2. The van der Waals surface area contributed by atoms with E-state index >= 15 is 0 Å². The van der Waals surface area contributed by atoms with Crippen molar-refractivity contribution in [1.82, 2.24) is 4.98 Å². The van der Waals surface area contributed by atoms with Gasteiger partial charge in [-0.15, -0.1) is 0 Å². The van der Waals surface area contributed by atoms with Crippen LogP contribution >= 0.6 is 0 Å². The van der Waals surface area contributed by atoms with Crippen LogP contribution in [0.2, 0.25) is 0 Å². The molecule has 0 amide bonds. The smallest absolute Gasteiger partial charge is 0.232 e. The molecule has 2 aromatic carbocycles. The molecule has 0 unspecified atom stereocenters. The number of hydrogen-bond donors (Lipinski definition) is 0. The summed E-state index contributed by atoms with van der Waals surface area (Å²) in [6.07, 6.45) is 1.83. The summed E-state index contributed by atoms with van der Waals surface area (Å²) in [4.78, 5) is 4.55. The van der Waals surface area contributed by atoms with Crippen LogP contribution < -0.4 is 4.57 Å². The average Bonchev–Trinajstić information content (AvgIpc) is 2.56. The van der Waals surface area contributed by atoms with Crippen molar-refractivity contribution in [2.45, 2.75) is 40.5 Å². The van der Waals surface area contributed by atoms with Gasteiger partial charge in [-0.2, -0.15) is 0 Å². The Balaban J connectivity index is 2.41. The molecule has 0 bridgehead atoms. The summed E-state index contributed by atoms with van der Waals surface area (Å²) in [6, 6.07) is 8.38. The molecular weight excluding hydrogens is 299 g/mol. The van der Waals surface area contributed by atoms with Crippen LogP contribution in [0.25, 0.3) is 22.2 Å². The van der Waals surface area contributed by atoms with E-state index < -0.39 is 0 Å². The summed E-state index contributed by atoms with van der Waals surface area (Å²) in [7, 11) is 2.00. The third kappa shape index (κ3) is 2.58. The maximum Gasteiger partial charge on any atom is 0.287 e. The number of benzene rings is 2. The Labute approximate surface area is 143 Å². The Bertz CT molecular complexity index is 942. The maximum absolute atomic E-state index is 14.3. The molecule has 124 valence electrons. The highest BCUT2D eigenvalue weighted by molar-refractivity contribution is 5.92. The minimum absolute atomic E-state index is 0.111. The van der Waals surface area contributed by atoms with E-state index in [9.17, 15) is 4.39 Å². The van der Waals surface area contributed by atoms with E-state index in [2.05, 4.69) is 37.0 Å². The van der Waals surface area contributed by atoms with Gasteiger partial charge in [-0.05, 0) is 72.1 Å². The fourth-order valence-electron chi connectivity index (χ4n) is 3.24. The van der Waals surface area contributed by atoms with Gasteiger partial charge in [-0.1, -0.05) is 19.9 Å². The maximum atomic E-state index is 14.3. The Hall–Kier alpha value is -2.29. The van der Waals surface area contributed by atoms with Gasteiger partial charge in [0.05, 0.1) is 12.4 Å². The van der Waals surface area contributed by atoms with Crippen molar-refractivity contribution in [1.29, 1.82) is 0 Å². The van der Waals surface area contributed by atoms with Crippen molar-refractivity contribution < 1.29 is 8.96 Å². The predicted molar refractivity (Wildman–Crippen MR) is 96.6 cm³/mol. The minimum atomic E-state index is -0.111. The molecule has 0 aliphatic heterocycles. The molecule has 0 atom stereocenters. The van der Waals surface area contributed by atoms with E-state index in [-0.39, 0.29) is 5.82 Å². The number of hydrogen-bond acceptors (Lipinski definition) is 1. The molecule has 2 nitrogen and oxygen atoms in total. The molecule has 0 spiro atoms. The second-order valence-electron chi connectivity index (χ2n) is 6.94. The third-order valence-electron chi connectivity index (χ3n) is 4.92. The van der Waals surface area contributed by atoms with E-state index in [0.29, 0.717) is 11.5 Å². The number of aryl methyl sites for hydroxylation is 2. The van der Waals surface area contributed by atoms with Crippen LogP contribution in [0.4, 0.5) is 4.39 Å². The number of rotatable bonds is 2. The van der Waals surface area contributed by atoms with Gasteiger partial charge in [0.2, 0.25) is 0 Å². The summed E-state index contributed by atoms with van der Waals surface area (Å²) >= 11 is 0. The Morgan fingerprint density at radius 1 is 1.04 bits per heavy atom. The van der Waals surface area contributed by atoms with E-state index in [1.165, 1.54) is 5.56 Å². The van der Waals surface area contributed by atoms with E-state index in [1.54, 1.807) is 0 Å². The average molecular weight is 323 g/mol. The molecule has 0 fully saturated rings. The first kappa shape index (κ1) is 16.6. The van der Waals surface area contributed by atoms with Crippen molar-refractivity contribution in [3.63, 3.8) is 0 Å². The van der Waals surface area contributed by atoms with Crippen LogP contribution in [-0.4, -0.2) is 4.98 Å². The van der Waals surface area contributed by atoms with E-state index in [0.717, 1.165) is 33.3 Å². The second kappa shape index (κ2) is 5.97. The molecule has 3 rings (SSSR count). The third-order valence-corrected chi connectivity index (χ3v) is 4.92. The van der Waals surface area contributed by atoms with Crippen LogP contribution in [-0.2, 0) is 7.05 Å². The summed E-state index contributed by atoms with van der Waals surface area (Å²) in [5, 5.41) is 1.11. The molecule has 0 aliphatic rings. The van der Waals surface area contributed by atoms with E-state index in [4.69, 9.17) is 0 Å². The molecule has 1 aromatic heterocycles. The van der Waals surface area contributed by atoms with Crippen LogP contribution in [0.3, 0.4) is 0 Å². The first-order chi connectivity index (χ1) is 11.3. The van der Waals surface area contributed by atoms with Gasteiger partial charge in [0, 0.05) is 5.56 Å². The quantitative estimate of drug-likeness (QED) is 0.612. The Morgan fingerprint density at radius 3 is 2.42 bits per heavy atom. The van der Waals surface area contributed by atoms with Crippen molar-refractivity contribution in [3.05, 3.63) is 58.7 Å². The molecule has 0 radical (unpaired) electrons. The molecule has 24 heavy (non-hydrogen) atoms. The van der Waals surface area contributed by atoms with Crippen LogP contribution in [0, 0.1) is 26.6 Å². The number of fused-ring (bicyclic) bond motifs is 1. The molecule has 1 heterocycles. The molecule has 0 N–H and O–H groups in total.